The number of nitrogens with zero attached hydrogens (tertiary/aromatic N) is 4. The number of alkyl carbamates (subject to hydrolysis) is 1. The molecule has 0 aliphatic heterocycles. The lowest BCUT2D eigenvalue weighted by Crippen LogP contribution is -2.50. The molecule has 0 spiro atoms. The number of nitrogens with one attached hydrogen (secondary N) is 2. The highest BCUT2D eigenvalue weighted by Gasteiger charge is 2.24. The molecule has 2 amide bonds. The number of fused-ring (bicyclic) bond motifs is 1. The second-order valence-electron chi connectivity index (χ2n) is 11.2. The maximum absolute atomic E-state index is 12.8. The van der Waals surface area contributed by atoms with Gasteiger partial charge in [0.25, 0.3) is 5.56 Å². The standard InChI is InChI=1S/C31H46N6O5/c1-23(2)25(34-30(40)42-21-24-17-13-12-14-18-24)28(38)32-19-15-10-8-6-5-7-9-11-16-20-37-29(39)26-27(33-22-35(26)3)36(4)31(37)41/h12-14,17-18,22-23,25H,5-11,15-16,19-21H2,1-4H3,(H,32,38)(H,34,40). The Morgan fingerprint density at radius 1 is 0.905 bits per heavy atom. The van der Waals surface area contributed by atoms with Crippen LogP contribution in [0.3, 0.4) is 0 Å². The SMILES string of the molecule is CC(C)C(NC(=O)OCc1ccccc1)C(=O)NCCCCCCCCCCCn1c(=O)c2c(ncn2C)n(C)c1=O. The fraction of sp³-hybridized carbons (Fsp3) is 0.581. The summed E-state index contributed by atoms with van der Waals surface area (Å²) in [7, 11) is 3.41. The molecule has 1 atom stereocenters. The van der Waals surface area contributed by atoms with Crippen molar-refractivity contribution in [3.05, 3.63) is 63.1 Å². The summed E-state index contributed by atoms with van der Waals surface area (Å²) in [4.78, 5) is 54.3. The van der Waals surface area contributed by atoms with Crippen LogP contribution in [0.4, 0.5) is 4.79 Å². The van der Waals surface area contributed by atoms with Crippen molar-refractivity contribution in [2.24, 2.45) is 20.0 Å². The van der Waals surface area contributed by atoms with Crippen LogP contribution in [0.2, 0.25) is 0 Å². The van der Waals surface area contributed by atoms with Crippen molar-refractivity contribution in [2.45, 2.75) is 90.8 Å². The van der Waals surface area contributed by atoms with Gasteiger partial charge in [0.2, 0.25) is 5.91 Å². The molecular weight excluding hydrogens is 536 g/mol. The highest BCUT2D eigenvalue weighted by molar-refractivity contribution is 5.85. The number of hydrogen-bond donors (Lipinski definition) is 2. The molecule has 0 radical (unpaired) electrons. The number of aromatic nitrogens is 4. The number of benzene rings is 1. The van der Waals surface area contributed by atoms with Crippen LogP contribution in [0.25, 0.3) is 11.2 Å². The lowest BCUT2D eigenvalue weighted by Gasteiger charge is -2.21. The van der Waals surface area contributed by atoms with Crippen LogP contribution in [0.1, 0.15) is 77.2 Å². The first-order valence-corrected chi connectivity index (χ1v) is 15.1. The quantitative estimate of drug-likeness (QED) is 0.231. The van der Waals surface area contributed by atoms with E-state index in [9.17, 15) is 19.2 Å². The van der Waals surface area contributed by atoms with Gasteiger partial charge in [0.1, 0.15) is 12.6 Å². The summed E-state index contributed by atoms with van der Waals surface area (Å²) in [6.07, 6.45) is 10.2. The maximum Gasteiger partial charge on any atom is 0.408 e. The van der Waals surface area contributed by atoms with E-state index >= 15 is 0 Å². The van der Waals surface area contributed by atoms with Crippen LogP contribution in [0.15, 0.2) is 46.2 Å². The Bertz CT molecular complexity index is 1410. The molecule has 230 valence electrons. The van der Waals surface area contributed by atoms with Gasteiger partial charge in [0, 0.05) is 27.2 Å². The van der Waals surface area contributed by atoms with Crippen molar-refractivity contribution in [1.82, 2.24) is 29.3 Å². The average molecular weight is 583 g/mol. The lowest BCUT2D eigenvalue weighted by molar-refractivity contribution is -0.124. The Balaban J connectivity index is 1.23. The average Bonchev–Trinajstić information content (AvgIpc) is 3.37. The Morgan fingerprint density at radius 2 is 1.52 bits per heavy atom. The normalized spacial score (nSPS) is 12.0. The monoisotopic (exact) mass is 582 g/mol. The van der Waals surface area contributed by atoms with Gasteiger partial charge in [-0.05, 0) is 24.3 Å². The molecule has 3 aromatic rings. The van der Waals surface area contributed by atoms with Crippen LogP contribution in [0, 0.1) is 5.92 Å². The number of hydrogen-bond acceptors (Lipinski definition) is 6. The van der Waals surface area contributed by atoms with E-state index in [1.54, 1.807) is 25.0 Å². The van der Waals surface area contributed by atoms with Gasteiger partial charge in [0.15, 0.2) is 11.2 Å². The van der Waals surface area contributed by atoms with Gasteiger partial charge in [-0.1, -0.05) is 89.1 Å². The summed E-state index contributed by atoms with van der Waals surface area (Å²) in [5, 5.41) is 5.63. The highest BCUT2D eigenvalue weighted by atomic mass is 16.5. The molecule has 11 heteroatoms. The third-order valence-corrected chi connectivity index (χ3v) is 7.49. The zero-order valence-corrected chi connectivity index (χ0v) is 25.4. The molecule has 0 saturated heterocycles. The summed E-state index contributed by atoms with van der Waals surface area (Å²) in [6.45, 7) is 4.94. The number of carbonyl (C=O) groups is 2. The molecule has 0 aliphatic carbocycles. The molecule has 0 aliphatic rings. The van der Waals surface area contributed by atoms with Crippen molar-refractivity contribution in [2.75, 3.05) is 6.54 Å². The fourth-order valence-corrected chi connectivity index (χ4v) is 4.97. The molecule has 2 N–H and O–H groups in total. The molecule has 1 unspecified atom stereocenters. The van der Waals surface area contributed by atoms with Gasteiger partial charge in [0.05, 0.1) is 6.33 Å². The van der Waals surface area contributed by atoms with Gasteiger partial charge in [-0.15, -0.1) is 0 Å². The Morgan fingerprint density at radius 3 is 2.17 bits per heavy atom. The number of amides is 2. The van der Waals surface area contributed by atoms with Crippen LogP contribution in [-0.4, -0.2) is 43.3 Å². The number of aryl methyl sites for hydroxylation is 2. The molecule has 42 heavy (non-hydrogen) atoms. The topological polar surface area (TPSA) is 129 Å². The van der Waals surface area contributed by atoms with E-state index in [1.807, 2.05) is 44.2 Å². The number of unbranched alkanes of at least 4 members (excludes halogenated alkanes) is 8. The smallest absolute Gasteiger partial charge is 0.408 e. The van der Waals surface area contributed by atoms with Crippen LogP contribution in [-0.2, 0) is 36.8 Å². The third kappa shape index (κ3) is 9.32. The van der Waals surface area contributed by atoms with Crippen LogP contribution >= 0.6 is 0 Å². The zero-order valence-electron chi connectivity index (χ0n) is 25.4. The van der Waals surface area contributed by atoms with Gasteiger partial charge in [-0.3, -0.25) is 18.7 Å². The highest BCUT2D eigenvalue weighted by Crippen LogP contribution is 2.11. The molecule has 0 fully saturated rings. The number of imidazole rings is 1. The first kappa shape index (κ1) is 32.6. The van der Waals surface area contributed by atoms with Crippen molar-refractivity contribution in [3.63, 3.8) is 0 Å². The molecule has 0 bridgehead atoms. The van der Waals surface area contributed by atoms with E-state index in [0.29, 0.717) is 24.3 Å². The number of carbonyl (C=O) groups excluding carboxylic acids is 2. The fourth-order valence-electron chi connectivity index (χ4n) is 4.97. The lowest BCUT2D eigenvalue weighted by atomic mass is 10.0. The first-order chi connectivity index (χ1) is 20.2. The molecule has 11 nitrogen and oxygen atoms in total. The largest absolute Gasteiger partial charge is 0.445 e. The number of rotatable bonds is 17. The minimum absolute atomic E-state index is 0.0645. The van der Waals surface area contributed by atoms with E-state index in [4.69, 9.17) is 4.74 Å². The van der Waals surface area contributed by atoms with E-state index < -0.39 is 12.1 Å². The van der Waals surface area contributed by atoms with Crippen molar-refractivity contribution < 1.29 is 14.3 Å². The molecular formula is C31H46N6O5. The Labute approximate surface area is 247 Å². The van der Waals surface area contributed by atoms with Gasteiger partial charge >= 0.3 is 11.8 Å². The predicted molar refractivity (Wildman–Crippen MR) is 163 cm³/mol. The minimum atomic E-state index is -0.645. The molecule has 0 saturated carbocycles. The van der Waals surface area contributed by atoms with Crippen molar-refractivity contribution in [1.29, 1.82) is 0 Å². The molecule has 2 heterocycles. The van der Waals surface area contributed by atoms with E-state index in [2.05, 4.69) is 15.6 Å². The van der Waals surface area contributed by atoms with E-state index in [0.717, 1.165) is 63.4 Å². The van der Waals surface area contributed by atoms with Gasteiger partial charge < -0.3 is 19.9 Å². The Kier molecular flexibility index (Phi) is 12.8. The molecule has 1 aromatic carbocycles. The summed E-state index contributed by atoms with van der Waals surface area (Å²) in [5.74, 6) is -0.257. The minimum Gasteiger partial charge on any atom is -0.445 e. The molecule has 3 rings (SSSR count). The zero-order chi connectivity index (χ0) is 30.5. The number of ether oxygens (including phenoxy) is 1. The second-order valence-corrected chi connectivity index (χ2v) is 11.2. The van der Waals surface area contributed by atoms with Crippen molar-refractivity contribution >= 4 is 23.2 Å². The summed E-state index contributed by atoms with van der Waals surface area (Å²) in [6, 6.07) is 8.77. The first-order valence-electron chi connectivity index (χ1n) is 15.1. The van der Waals surface area contributed by atoms with Crippen LogP contribution < -0.4 is 21.9 Å². The predicted octanol–water partition coefficient (Wildman–Crippen LogP) is 4.01. The summed E-state index contributed by atoms with van der Waals surface area (Å²) in [5.41, 5.74) is 1.16. The second kappa shape index (κ2) is 16.5. The van der Waals surface area contributed by atoms with Crippen LogP contribution in [0.5, 0.6) is 0 Å². The van der Waals surface area contributed by atoms with Crippen molar-refractivity contribution in [3.8, 4) is 0 Å². The van der Waals surface area contributed by atoms with E-state index in [-0.39, 0.29) is 29.7 Å². The maximum atomic E-state index is 12.8. The van der Waals surface area contributed by atoms with Gasteiger partial charge in [-0.2, -0.15) is 0 Å². The molecule has 2 aromatic heterocycles. The van der Waals surface area contributed by atoms with Gasteiger partial charge in [-0.25, -0.2) is 14.6 Å². The summed E-state index contributed by atoms with van der Waals surface area (Å²) < 4.78 is 9.68. The third-order valence-electron chi connectivity index (χ3n) is 7.49. The summed E-state index contributed by atoms with van der Waals surface area (Å²) >= 11 is 0. The Hall–Kier alpha value is -3.89. The van der Waals surface area contributed by atoms with E-state index in [1.165, 1.54) is 9.13 Å².